The lowest BCUT2D eigenvalue weighted by atomic mass is 10.0. The third kappa shape index (κ3) is 6.70. The van der Waals surface area contributed by atoms with Gasteiger partial charge >= 0.3 is 0 Å². The minimum absolute atomic E-state index is 0.125. The molecule has 18 heavy (non-hydrogen) atoms. The van der Waals surface area contributed by atoms with Crippen LogP contribution in [0.25, 0.3) is 0 Å². The van der Waals surface area contributed by atoms with Gasteiger partial charge in [0.2, 0.25) is 5.91 Å². The SMILES string of the molecule is CC(C)CCC(C)NC(=O)CSc1ccccc1. The van der Waals surface area contributed by atoms with E-state index in [1.165, 1.54) is 0 Å². The van der Waals surface area contributed by atoms with E-state index in [1.54, 1.807) is 11.8 Å². The highest BCUT2D eigenvalue weighted by molar-refractivity contribution is 8.00. The van der Waals surface area contributed by atoms with Crippen molar-refractivity contribution in [1.29, 1.82) is 0 Å². The van der Waals surface area contributed by atoms with E-state index in [-0.39, 0.29) is 11.9 Å². The first-order valence-corrected chi connectivity index (χ1v) is 7.53. The summed E-state index contributed by atoms with van der Waals surface area (Å²) < 4.78 is 0. The molecule has 0 spiro atoms. The zero-order valence-corrected chi connectivity index (χ0v) is 12.3. The monoisotopic (exact) mass is 265 g/mol. The molecule has 0 radical (unpaired) electrons. The van der Waals surface area contributed by atoms with Gasteiger partial charge in [0.25, 0.3) is 0 Å². The highest BCUT2D eigenvalue weighted by Crippen LogP contribution is 2.16. The summed E-state index contributed by atoms with van der Waals surface area (Å²) >= 11 is 1.58. The lowest BCUT2D eigenvalue weighted by Crippen LogP contribution is -2.33. The van der Waals surface area contributed by atoms with Gasteiger partial charge in [-0.25, -0.2) is 0 Å². The van der Waals surface area contributed by atoms with Crippen LogP contribution in [0.3, 0.4) is 0 Å². The second-order valence-electron chi connectivity index (χ2n) is 5.04. The number of hydrogen-bond acceptors (Lipinski definition) is 2. The van der Waals surface area contributed by atoms with E-state index >= 15 is 0 Å². The summed E-state index contributed by atoms with van der Waals surface area (Å²) in [7, 11) is 0. The van der Waals surface area contributed by atoms with Gasteiger partial charge < -0.3 is 5.32 Å². The maximum absolute atomic E-state index is 11.7. The van der Waals surface area contributed by atoms with Crippen molar-refractivity contribution >= 4 is 17.7 Å². The Hall–Kier alpha value is -0.960. The molecule has 1 rings (SSSR count). The quantitative estimate of drug-likeness (QED) is 0.761. The summed E-state index contributed by atoms with van der Waals surface area (Å²) in [6.45, 7) is 6.49. The Morgan fingerprint density at radius 3 is 2.44 bits per heavy atom. The third-order valence-corrected chi connectivity index (χ3v) is 3.71. The number of thioether (sulfide) groups is 1. The van der Waals surface area contributed by atoms with E-state index < -0.39 is 0 Å². The summed E-state index contributed by atoms with van der Waals surface area (Å²) in [6, 6.07) is 10.3. The van der Waals surface area contributed by atoms with Crippen LogP contribution in [0.4, 0.5) is 0 Å². The molecule has 1 unspecified atom stereocenters. The van der Waals surface area contributed by atoms with Crippen molar-refractivity contribution in [2.45, 2.75) is 44.6 Å². The Kier molecular flexibility index (Phi) is 6.88. The van der Waals surface area contributed by atoms with Gasteiger partial charge in [-0.05, 0) is 37.8 Å². The van der Waals surface area contributed by atoms with Crippen molar-refractivity contribution in [1.82, 2.24) is 5.32 Å². The molecule has 0 aliphatic carbocycles. The van der Waals surface area contributed by atoms with Crippen molar-refractivity contribution in [3.05, 3.63) is 30.3 Å². The van der Waals surface area contributed by atoms with E-state index in [1.807, 2.05) is 30.3 Å². The minimum Gasteiger partial charge on any atom is -0.353 e. The molecule has 3 heteroatoms. The number of rotatable bonds is 7. The number of benzene rings is 1. The van der Waals surface area contributed by atoms with E-state index in [0.717, 1.165) is 17.7 Å². The predicted molar refractivity (Wildman–Crippen MR) is 78.8 cm³/mol. The van der Waals surface area contributed by atoms with Crippen molar-refractivity contribution < 1.29 is 4.79 Å². The average molecular weight is 265 g/mol. The van der Waals surface area contributed by atoms with Crippen molar-refractivity contribution in [3.63, 3.8) is 0 Å². The predicted octanol–water partition coefficient (Wildman–Crippen LogP) is 3.72. The summed E-state index contributed by atoms with van der Waals surface area (Å²) in [5.74, 6) is 1.32. The van der Waals surface area contributed by atoms with Gasteiger partial charge in [0.05, 0.1) is 5.75 Å². The summed E-state index contributed by atoms with van der Waals surface area (Å²) in [5.41, 5.74) is 0. The highest BCUT2D eigenvalue weighted by Gasteiger charge is 2.08. The molecule has 100 valence electrons. The summed E-state index contributed by atoms with van der Waals surface area (Å²) in [6.07, 6.45) is 2.21. The molecule has 1 N–H and O–H groups in total. The summed E-state index contributed by atoms with van der Waals surface area (Å²) in [4.78, 5) is 12.9. The molecule has 0 aliphatic heterocycles. The Morgan fingerprint density at radius 1 is 1.17 bits per heavy atom. The first kappa shape index (κ1) is 15.1. The number of amides is 1. The average Bonchev–Trinajstić information content (AvgIpc) is 2.35. The standard InChI is InChI=1S/C15H23NOS/c1-12(2)9-10-13(3)16-15(17)11-18-14-7-5-4-6-8-14/h4-8,12-13H,9-11H2,1-3H3,(H,16,17). The highest BCUT2D eigenvalue weighted by atomic mass is 32.2. The molecular weight excluding hydrogens is 242 g/mol. The zero-order chi connectivity index (χ0) is 13.4. The molecule has 0 saturated carbocycles. The maximum atomic E-state index is 11.7. The van der Waals surface area contributed by atoms with Crippen LogP contribution in [0, 0.1) is 5.92 Å². The molecule has 0 aromatic heterocycles. The van der Waals surface area contributed by atoms with Crippen LogP contribution in [-0.4, -0.2) is 17.7 Å². The van der Waals surface area contributed by atoms with Gasteiger partial charge in [-0.1, -0.05) is 32.0 Å². The molecular formula is C15H23NOS. The molecule has 0 bridgehead atoms. The van der Waals surface area contributed by atoms with Crippen LogP contribution in [0.2, 0.25) is 0 Å². The Bertz CT molecular complexity index is 351. The number of carbonyl (C=O) groups is 1. The van der Waals surface area contributed by atoms with Gasteiger partial charge in [-0.2, -0.15) is 0 Å². The first-order valence-electron chi connectivity index (χ1n) is 6.55. The fourth-order valence-corrected chi connectivity index (χ4v) is 2.37. The molecule has 0 saturated heterocycles. The lowest BCUT2D eigenvalue weighted by Gasteiger charge is -2.14. The smallest absolute Gasteiger partial charge is 0.230 e. The minimum atomic E-state index is 0.125. The first-order chi connectivity index (χ1) is 8.58. The van der Waals surface area contributed by atoms with Gasteiger partial charge in [-0.15, -0.1) is 11.8 Å². The van der Waals surface area contributed by atoms with E-state index in [4.69, 9.17) is 0 Å². The van der Waals surface area contributed by atoms with Crippen LogP contribution >= 0.6 is 11.8 Å². The number of hydrogen-bond donors (Lipinski definition) is 1. The van der Waals surface area contributed by atoms with Crippen LogP contribution in [0.1, 0.15) is 33.6 Å². The van der Waals surface area contributed by atoms with Gasteiger partial charge in [0.15, 0.2) is 0 Å². The van der Waals surface area contributed by atoms with E-state index in [9.17, 15) is 4.79 Å². The number of nitrogens with one attached hydrogen (secondary N) is 1. The topological polar surface area (TPSA) is 29.1 Å². The zero-order valence-electron chi connectivity index (χ0n) is 11.5. The van der Waals surface area contributed by atoms with Gasteiger partial charge in [0, 0.05) is 10.9 Å². The second kappa shape index (κ2) is 8.20. The molecule has 1 aromatic rings. The Morgan fingerprint density at radius 2 is 1.83 bits per heavy atom. The molecule has 0 heterocycles. The molecule has 1 aromatic carbocycles. The van der Waals surface area contributed by atoms with Crippen LogP contribution < -0.4 is 5.32 Å². The van der Waals surface area contributed by atoms with E-state index in [0.29, 0.717) is 11.7 Å². The molecule has 2 nitrogen and oxygen atoms in total. The number of carbonyl (C=O) groups excluding carboxylic acids is 1. The largest absolute Gasteiger partial charge is 0.353 e. The van der Waals surface area contributed by atoms with Gasteiger partial charge in [0.1, 0.15) is 0 Å². The Balaban J connectivity index is 2.21. The van der Waals surface area contributed by atoms with Crippen LogP contribution in [-0.2, 0) is 4.79 Å². The fraction of sp³-hybridized carbons (Fsp3) is 0.533. The molecule has 1 amide bonds. The van der Waals surface area contributed by atoms with Crippen molar-refractivity contribution in [2.24, 2.45) is 5.92 Å². The fourth-order valence-electron chi connectivity index (χ4n) is 1.64. The Labute approximate surface area is 115 Å². The summed E-state index contributed by atoms with van der Waals surface area (Å²) in [5, 5.41) is 3.05. The van der Waals surface area contributed by atoms with Gasteiger partial charge in [-0.3, -0.25) is 4.79 Å². The third-order valence-electron chi connectivity index (χ3n) is 2.70. The van der Waals surface area contributed by atoms with Crippen LogP contribution in [0.5, 0.6) is 0 Å². The van der Waals surface area contributed by atoms with Crippen molar-refractivity contribution in [2.75, 3.05) is 5.75 Å². The van der Waals surface area contributed by atoms with Crippen molar-refractivity contribution in [3.8, 4) is 0 Å². The molecule has 1 atom stereocenters. The molecule has 0 fully saturated rings. The maximum Gasteiger partial charge on any atom is 0.230 e. The lowest BCUT2D eigenvalue weighted by molar-refractivity contribution is -0.119. The van der Waals surface area contributed by atoms with Crippen LogP contribution in [0.15, 0.2) is 35.2 Å². The van der Waals surface area contributed by atoms with E-state index in [2.05, 4.69) is 26.1 Å². The molecule has 0 aliphatic rings. The second-order valence-corrected chi connectivity index (χ2v) is 6.09. The normalized spacial score (nSPS) is 12.4.